The number of hydrogen-bond acceptors (Lipinski definition) is 3. The van der Waals surface area contributed by atoms with Gasteiger partial charge < -0.3 is 4.74 Å². The standard InChI is InChI=1S/C16H14O2S2/c1-18-15(17)14(11-7-3-2-4-8-11)12-9-5-6-10-13(12)16(19)20/h2-10,14H,1H3,(H,19,20). The van der Waals surface area contributed by atoms with Crippen LogP contribution in [0.25, 0.3) is 0 Å². The molecule has 0 aliphatic rings. The molecule has 0 fully saturated rings. The molecular weight excluding hydrogens is 288 g/mol. The second-order valence-electron chi connectivity index (χ2n) is 4.26. The van der Waals surface area contributed by atoms with E-state index in [0.29, 0.717) is 4.20 Å². The minimum atomic E-state index is -0.498. The molecule has 0 aliphatic heterocycles. The fourth-order valence-electron chi connectivity index (χ4n) is 2.15. The zero-order chi connectivity index (χ0) is 14.5. The van der Waals surface area contributed by atoms with Crippen LogP contribution >= 0.6 is 24.8 Å². The maximum absolute atomic E-state index is 12.2. The number of thiocarbonyl (C=S) groups is 1. The van der Waals surface area contributed by atoms with Gasteiger partial charge in [0.1, 0.15) is 5.92 Å². The van der Waals surface area contributed by atoms with Crippen molar-refractivity contribution in [1.82, 2.24) is 0 Å². The zero-order valence-corrected chi connectivity index (χ0v) is 12.7. The fourth-order valence-corrected chi connectivity index (χ4v) is 2.54. The molecule has 0 radical (unpaired) electrons. The molecule has 102 valence electrons. The Balaban J connectivity index is 2.59. The highest BCUT2D eigenvalue weighted by Crippen LogP contribution is 2.29. The van der Waals surface area contributed by atoms with E-state index in [4.69, 9.17) is 17.0 Å². The smallest absolute Gasteiger partial charge is 0.317 e. The van der Waals surface area contributed by atoms with E-state index in [9.17, 15) is 4.79 Å². The number of ether oxygens (including phenoxy) is 1. The average Bonchev–Trinajstić information content (AvgIpc) is 2.48. The summed E-state index contributed by atoms with van der Waals surface area (Å²) in [5, 5.41) is 0. The van der Waals surface area contributed by atoms with Crippen molar-refractivity contribution in [2.75, 3.05) is 7.11 Å². The lowest BCUT2D eigenvalue weighted by Gasteiger charge is -2.18. The van der Waals surface area contributed by atoms with Crippen LogP contribution in [-0.4, -0.2) is 17.3 Å². The van der Waals surface area contributed by atoms with E-state index in [-0.39, 0.29) is 5.97 Å². The molecule has 2 nitrogen and oxygen atoms in total. The monoisotopic (exact) mass is 302 g/mol. The van der Waals surface area contributed by atoms with Crippen LogP contribution in [0.2, 0.25) is 0 Å². The van der Waals surface area contributed by atoms with E-state index in [1.165, 1.54) is 7.11 Å². The largest absolute Gasteiger partial charge is 0.468 e. The van der Waals surface area contributed by atoms with Gasteiger partial charge in [-0.2, -0.15) is 0 Å². The molecule has 0 saturated heterocycles. The second-order valence-corrected chi connectivity index (χ2v) is 5.42. The summed E-state index contributed by atoms with van der Waals surface area (Å²) >= 11 is 9.39. The van der Waals surface area contributed by atoms with Crippen molar-refractivity contribution in [1.29, 1.82) is 0 Å². The highest BCUT2D eigenvalue weighted by atomic mass is 32.1. The number of thiol groups is 1. The highest BCUT2D eigenvalue weighted by molar-refractivity contribution is 8.11. The summed E-state index contributed by atoms with van der Waals surface area (Å²) < 4.78 is 5.41. The third kappa shape index (κ3) is 3.08. The number of methoxy groups -OCH3 is 1. The van der Waals surface area contributed by atoms with Crippen LogP contribution in [0.15, 0.2) is 54.6 Å². The molecule has 1 atom stereocenters. The third-order valence-electron chi connectivity index (χ3n) is 3.07. The number of carbonyl (C=O) groups excluding carboxylic acids is 1. The van der Waals surface area contributed by atoms with Crippen LogP contribution in [0.5, 0.6) is 0 Å². The minimum Gasteiger partial charge on any atom is -0.468 e. The Labute approximate surface area is 129 Å². The predicted octanol–water partition coefficient (Wildman–Crippen LogP) is 3.60. The molecule has 1 unspecified atom stereocenters. The van der Waals surface area contributed by atoms with Crippen molar-refractivity contribution < 1.29 is 9.53 Å². The Kier molecular flexibility index (Phi) is 4.93. The summed E-state index contributed by atoms with van der Waals surface area (Å²) in [6, 6.07) is 17.0. The van der Waals surface area contributed by atoms with Crippen LogP contribution in [0.4, 0.5) is 0 Å². The van der Waals surface area contributed by atoms with Crippen molar-refractivity contribution in [2.45, 2.75) is 5.92 Å². The molecule has 0 spiro atoms. The highest BCUT2D eigenvalue weighted by Gasteiger charge is 2.26. The van der Waals surface area contributed by atoms with Gasteiger partial charge in [-0.1, -0.05) is 66.8 Å². The van der Waals surface area contributed by atoms with Crippen LogP contribution in [0, 0.1) is 0 Å². The van der Waals surface area contributed by atoms with Gasteiger partial charge in [-0.05, 0) is 11.1 Å². The Morgan fingerprint density at radius 1 is 1.10 bits per heavy atom. The van der Waals surface area contributed by atoms with Gasteiger partial charge in [0.15, 0.2) is 0 Å². The first-order valence-electron chi connectivity index (χ1n) is 6.10. The van der Waals surface area contributed by atoms with Gasteiger partial charge in [0.25, 0.3) is 0 Å². The predicted molar refractivity (Wildman–Crippen MR) is 87.4 cm³/mol. The number of benzene rings is 2. The third-order valence-corrected chi connectivity index (χ3v) is 3.53. The average molecular weight is 302 g/mol. The van der Waals surface area contributed by atoms with E-state index in [1.54, 1.807) is 0 Å². The summed E-state index contributed by atoms with van der Waals surface area (Å²) in [5.74, 6) is -0.810. The summed E-state index contributed by atoms with van der Waals surface area (Å²) in [6.07, 6.45) is 0. The maximum Gasteiger partial charge on any atom is 0.317 e. The lowest BCUT2D eigenvalue weighted by atomic mass is 9.88. The van der Waals surface area contributed by atoms with Crippen LogP contribution in [0.1, 0.15) is 22.6 Å². The molecule has 0 aromatic heterocycles. The van der Waals surface area contributed by atoms with E-state index in [1.807, 2.05) is 54.6 Å². The summed E-state index contributed by atoms with van der Waals surface area (Å²) in [6.45, 7) is 0. The fraction of sp³-hybridized carbons (Fsp3) is 0.125. The topological polar surface area (TPSA) is 26.3 Å². The lowest BCUT2D eigenvalue weighted by Crippen LogP contribution is -2.17. The lowest BCUT2D eigenvalue weighted by molar-refractivity contribution is -0.141. The van der Waals surface area contributed by atoms with Gasteiger partial charge in [-0.25, -0.2) is 0 Å². The Bertz CT molecular complexity index is 623. The molecule has 0 bridgehead atoms. The van der Waals surface area contributed by atoms with Crippen molar-refractivity contribution in [3.63, 3.8) is 0 Å². The van der Waals surface area contributed by atoms with E-state index in [0.717, 1.165) is 16.7 Å². The first-order valence-corrected chi connectivity index (χ1v) is 6.95. The van der Waals surface area contributed by atoms with Gasteiger partial charge in [0, 0.05) is 5.56 Å². The van der Waals surface area contributed by atoms with Crippen molar-refractivity contribution in [3.05, 3.63) is 71.3 Å². The van der Waals surface area contributed by atoms with Crippen molar-refractivity contribution in [3.8, 4) is 0 Å². The molecule has 0 aliphatic carbocycles. The number of rotatable bonds is 4. The zero-order valence-electron chi connectivity index (χ0n) is 10.9. The Morgan fingerprint density at radius 2 is 1.70 bits per heavy atom. The molecule has 2 aromatic carbocycles. The first-order chi connectivity index (χ1) is 9.65. The van der Waals surface area contributed by atoms with Gasteiger partial charge >= 0.3 is 5.97 Å². The molecule has 2 rings (SSSR count). The van der Waals surface area contributed by atoms with Gasteiger partial charge in [0.05, 0.1) is 11.3 Å². The SMILES string of the molecule is COC(=O)C(c1ccccc1)c1ccccc1C(=S)S. The number of carbonyl (C=O) groups is 1. The van der Waals surface area contributed by atoms with E-state index >= 15 is 0 Å². The van der Waals surface area contributed by atoms with Crippen molar-refractivity contribution in [2.24, 2.45) is 0 Å². The molecule has 2 aromatic rings. The first kappa shape index (κ1) is 14.8. The van der Waals surface area contributed by atoms with E-state index in [2.05, 4.69) is 12.6 Å². The molecule has 20 heavy (non-hydrogen) atoms. The van der Waals surface area contributed by atoms with Gasteiger partial charge in [-0.15, -0.1) is 12.6 Å². The summed E-state index contributed by atoms with van der Waals surface area (Å²) in [4.78, 5) is 12.2. The maximum atomic E-state index is 12.2. The normalized spacial score (nSPS) is 11.7. The summed E-state index contributed by atoms with van der Waals surface area (Å²) in [5.41, 5.74) is 2.46. The van der Waals surface area contributed by atoms with E-state index < -0.39 is 5.92 Å². The molecular formula is C16H14O2S2. The summed E-state index contributed by atoms with van der Waals surface area (Å²) in [7, 11) is 1.39. The quantitative estimate of drug-likeness (QED) is 0.531. The molecule has 0 amide bonds. The number of hydrogen-bond donors (Lipinski definition) is 1. The Hall–Kier alpha value is -1.65. The molecule has 4 heteroatoms. The van der Waals surface area contributed by atoms with Crippen LogP contribution in [-0.2, 0) is 9.53 Å². The minimum absolute atomic E-state index is 0.312. The van der Waals surface area contributed by atoms with Crippen molar-refractivity contribution >= 4 is 35.0 Å². The molecule has 0 N–H and O–H groups in total. The number of esters is 1. The second kappa shape index (κ2) is 6.68. The van der Waals surface area contributed by atoms with Crippen LogP contribution in [0.3, 0.4) is 0 Å². The van der Waals surface area contributed by atoms with Gasteiger partial charge in [0.2, 0.25) is 0 Å². The van der Waals surface area contributed by atoms with Gasteiger partial charge in [-0.3, -0.25) is 4.79 Å². The molecule has 0 heterocycles. The molecule has 0 saturated carbocycles. The van der Waals surface area contributed by atoms with Crippen LogP contribution < -0.4 is 0 Å². The Morgan fingerprint density at radius 3 is 2.30 bits per heavy atom.